The number of amides is 1. The molecule has 0 fully saturated rings. The fourth-order valence-corrected chi connectivity index (χ4v) is 1.56. The first-order valence-electron chi connectivity index (χ1n) is 4.37. The summed E-state index contributed by atoms with van der Waals surface area (Å²) in [5.41, 5.74) is 0.147. The molecular formula is C10H10ClNO4. The second kappa shape index (κ2) is 4.40. The van der Waals surface area contributed by atoms with Gasteiger partial charge in [-0.1, -0.05) is 11.6 Å². The SMILES string of the molecule is CC(=O)Nc1c(Cl)cc(C(=O)O)c(O)c1C. The molecule has 1 aromatic rings. The smallest absolute Gasteiger partial charge is 0.339 e. The Morgan fingerprint density at radius 2 is 2.00 bits per heavy atom. The summed E-state index contributed by atoms with van der Waals surface area (Å²) in [6, 6.07) is 1.09. The summed E-state index contributed by atoms with van der Waals surface area (Å²) >= 11 is 5.81. The van der Waals surface area contributed by atoms with E-state index in [1.165, 1.54) is 13.8 Å². The van der Waals surface area contributed by atoms with E-state index in [0.29, 0.717) is 0 Å². The molecule has 1 rings (SSSR count). The van der Waals surface area contributed by atoms with Gasteiger partial charge in [0.15, 0.2) is 0 Å². The normalized spacial score (nSPS) is 9.94. The molecule has 0 aliphatic carbocycles. The molecule has 0 radical (unpaired) electrons. The number of anilines is 1. The zero-order chi connectivity index (χ0) is 12.5. The largest absolute Gasteiger partial charge is 0.507 e. The van der Waals surface area contributed by atoms with E-state index < -0.39 is 11.7 Å². The summed E-state index contributed by atoms with van der Waals surface area (Å²) in [5, 5.41) is 20.9. The number of aromatic carboxylic acids is 1. The molecule has 16 heavy (non-hydrogen) atoms. The number of carbonyl (C=O) groups is 2. The van der Waals surface area contributed by atoms with Crippen LogP contribution in [0.15, 0.2) is 6.07 Å². The lowest BCUT2D eigenvalue weighted by Crippen LogP contribution is -2.09. The summed E-state index contributed by atoms with van der Waals surface area (Å²) in [5.74, 6) is -2.04. The van der Waals surface area contributed by atoms with E-state index in [4.69, 9.17) is 16.7 Å². The molecule has 0 atom stereocenters. The number of rotatable bonds is 2. The van der Waals surface area contributed by atoms with Crippen molar-refractivity contribution in [2.45, 2.75) is 13.8 Å². The molecule has 3 N–H and O–H groups in total. The molecule has 0 heterocycles. The summed E-state index contributed by atoms with van der Waals surface area (Å²) in [6.45, 7) is 2.76. The zero-order valence-electron chi connectivity index (χ0n) is 8.67. The molecule has 1 amide bonds. The van der Waals surface area contributed by atoms with Crippen LogP contribution >= 0.6 is 11.6 Å². The van der Waals surface area contributed by atoms with E-state index in [1.807, 2.05) is 0 Å². The van der Waals surface area contributed by atoms with Crippen molar-refractivity contribution in [3.63, 3.8) is 0 Å². The highest BCUT2D eigenvalue weighted by Crippen LogP contribution is 2.35. The molecule has 0 saturated carbocycles. The first kappa shape index (κ1) is 12.3. The number of hydrogen-bond donors (Lipinski definition) is 3. The van der Waals surface area contributed by atoms with E-state index in [9.17, 15) is 14.7 Å². The van der Waals surface area contributed by atoms with Crippen molar-refractivity contribution in [3.05, 3.63) is 22.2 Å². The van der Waals surface area contributed by atoms with Gasteiger partial charge in [-0.25, -0.2) is 4.79 Å². The highest BCUT2D eigenvalue weighted by Gasteiger charge is 2.18. The molecule has 0 aromatic heterocycles. The van der Waals surface area contributed by atoms with Crippen LogP contribution in [0.2, 0.25) is 5.02 Å². The Labute approximate surface area is 96.7 Å². The molecule has 0 aliphatic rings. The Morgan fingerprint density at radius 3 is 2.44 bits per heavy atom. The Bertz CT molecular complexity index is 470. The number of carboxylic acids is 1. The van der Waals surface area contributed by atoms with Crippen LogP contribution in [0, 0.1) is 6.92 Å². The first-order valence-corrected chi connectivity index (χ1v) is 4.75. The quantitative estimate of drug-likeness (QED) is 0.742. The summed E-state index contributed by atoms with van der Waals surface area (Å²) in [4.78, 5) is 21.6. The lowest BCUT2D eigenvalue weighted by atomic mass is 10.1. The molecule has 0 unspecified atom stereocenters. The number of benzene rings is 1. The Balaban J connectivity index is 3.39. The van der Waals surface area contributed by atoms with Crippen LogP contribution < -0.4 is 5.32 Å². The fourth-order valence-electron chi connectivity index (χ4n) is 1.26. The van der Waals surface area contributed by atoms with Crippen molar-refractivity contribution in [1.82, 2.24) is 0 Å². The van der Waals surface area contributed by atoms with E-state index in [1.54, 1.807) is 0 Å². The molecule has 1 aromatic carbocycles. The highest BCUT2D eigenvalue weighted by molar-refractivity contribution is 6.34. The first-order chi connectivity index (χ1) is 7.34. The van der Waals surface area contributed by atoms with Crippen LogP contribution in [0.25, 0.3) is 0 Å². The van der Waals surface area contributed by atoms with Gasteiger partial charge in [-0.15, -0.1) is 0 Å². The zero-order valence-corrected chi connectivity index (χ0v) is 9.42. The molecular weight excluding hydrogens is 234 g/mol. The van der Waals surface area contributed by atoms with Gasteiger partial charge >= 0.3 is 5.97 Å². The van der Waals surface area contributed by atoms with Crippen LogP contribution in [0.5, 0.6) is 5.75 Å². The molecule has 0 saturated heterocycles. The van der Waals surface area contributed by atoms with E-state index in [2.05, 4.69) is 5.32 Å². The van der Waals surface area contributed by atoms with Crippen molar-refractivity contribution >= 4 is 29.2 Å². The summed E-state index contributed by atoms with van der Waals surface area (Å²) in [6.07, 6.45) is 0. The van der Waals surface area contributed by atoms with Gasteiger partial charge in [-0.2, -0.15) is 0 Å². The third-order valence-electron chi connectivity index (χ3n) is 2.03. The van der Waals surface area contributed by atoms with Crippen LogP contribution in [-0.2, 0) is 4.79 Å². The number of hydrogen-bond acceptors (Lipinski definition) is 3. The topological polar surface area (TPSA) is 86.6 Å². The van der Waals surface area contributed by atoms with Crippen LogP contribution in [-0.4, -0.2) is 22.1 Å². The van der Waals surface area contributed by atoms with Crippen LogP contribution in [0.1, 0.15) is 22.8 Å². The molecule has 6 heteroatoms. The number of aromatic hydroxyl groups is 1. The molecule has 0 aliphatic heterocycles. The third kappa shape index (κ3) is 2.25. The molecule has 86 valence electrons. The van der Waals surface area contributed by atoms with Gasteiger partial charge in [0.1, 0.15) is 11.3 Å². The number of carbonyl (C=O) groups excluding carboxylic acids is 1. The Kier molecular flexibility index (Phi) is 3.39. The van der Waals surface area contributed by atoms with Crippen molar-refractivity contribution in [3.8, 4) is 5.75 Å². The monoisotopic (exact) mass is 243 g/mol. The number of halogens is 1. The number of nitrogens with one attached hydrogen (secondary N) is 1. The van der Waals surface area contributed by atoms with Gasteiger partial charge in [0, 0.05) is 12.5 Å². The minimum absolute atomic E-state index is 0.0721. The molecule has 0 spiro atoms. The number of carboxylic acid groups (broad SMARTS) is 1. The van der Waals surface area contributed by atoms with Gasteiger partial charge in [0.25, 0.3) is 0 Å². The van der Waals surface area contributed by atoms with Crippen molar-refractivity contribution in [2.24, 2.45) is 0 Å². The predicted octanol–water partition coefficient (Wildman–Crippen LogP) is 2.01. The van der Waals surface area contributed by atoms with E-state index in [0.717, 1.165) is 6.07 Å². The van der Waals surface area contributed by atoms with Crippen molar-refractivity contribution in [1.29, 1.82) is 0 Å². The lowest BCUT2D eigenvalue weighted by Gasteiger charge is -2.12. The van der Waals surface area contributed by atoms with Gasteiger partial charge in [0.2, 0.25) is 5.91 Å². The molecule has 5 nitrogen and oxygen atoms in total. The fraction of sp³-hybridized carbons (Fsp3) is 0.200. The standard InChI is InChI=1S/C10H10ClNO4/c1-4-8(12-5(2)13)7(11)3-6(9(4)14)10(15)16/h3,14H,1-2H3,(H,12,13)(H,15,16). The lowest BCUT2D eigenvalue weighted by molar-refractivity contribution is -0.114. The van der Waals surface area contributed by atoms with Crippen LogP contribution in [0.4, 0.5) is 5.69 Å². The minimum Gasteiger partial charge on any atom is -0.507 e. The van der Waals surface area contributed by atoms with Crippen molar-refractivity contribution < 1.29 is 19.8 Å². The van der Waals surface area contributed by atoms with Gasteiger partial charge < -0.3 is 15.5 Å². The predicted molar refractivity (Wildman–Crippen MR) is 59.1 cm³/mol. The maximum absolute atomic E-state index is 10.9. The number of phenols is 1. The van der Waals surface area contributed by atoms with Crippen molar-refractivity contribution in [2.75, 3.05) is 5.32 Å². The maximum Gasteiger partial charge on any atom is 0.339 e. The van der Waals surface area contributed by atoms with Gasteiger partial charge in [0.05, 0.1) is 10.7 Å². The van der Waals surface area contributed by atoms with E-state index >= 15 is 0 Å². The molecule has 0 bridgehead atoms. The Morgan fingerprint density at radius 1 is 1.44 bits per heavy atom. The highest BCUT2D eigenvalue weighted by atomic mass is 35.5. The summed E-state index contributed by atoms with van der Waals surface area (Å²) in [7, 11) is 0. The maximum atomic E-state index is 10.9. The minimum atomic E-state index is -1.28. The van der Waals surface area contributed by atoms with Gasteiger partial charge in [-0.3, -0.25) is 4.79 Å². The average Bonchev–Trinajstić information content (AvgIpc) is 2.17. The second-order valence-corrected chi connectivity index (χ2v) is 3.65. The second-order valence-electron chi connectivity index (χ2n) is 3.24. The summed E-state index contributed by atoms with van der Waals surface area (Å²) < 4.78 is 0. The average molecular weight is 244 g/mol. The van der Waals surface area contributed by atoms with Crippen LogP contribution in [0.3, 0.4) is 0 Å². The van der Waals surface area contributed by atoms with Gasteiger partial charge in [-0.05, 0) is 13.0 Å². The Hall–Kier alpha value is -1.75. The van der Waals surface area contributed by atoms with E-state index in [-0.39, 0.29) is 27.7 Å². The third-order valence-corrected chi connectivity index (χ3v) is 2.32.